The first kappa shape index (κ1) is 20.2. The molecule has 1 aromatic carbocycles. The summed E-state index contributed by atoms with van der Waals surface area (Å²) in [7, 11) is -3.72. The molecule has 1 aromatic rings. The molecule has 0 aliphatic heterocycles. The van der Waals surface area contributed by atoms with Crippen LogP contribution in [0.2, 0.25) is 0 Å². The predicted molar refractivity (Wildman–Crippen MR) is 102 cm³/mol. The molecular formula is C21H23O7P-2. The van der Waals surface area contributed by atoms with Gasteiger partial charge in [-0.3, -0.25) is 0 Å². The van der Waals surface area contributed by atoms with Crippen molar-refractivity contribution in [1.82, 2.24) is 0 Å². The van der Waals surface area contributed by atoms with Crippen LogP contribution in [0, 0.1) is 23.7 Å². The van der Waals surface area contributed by atoms with Crippen LogP contribution in [-0.4, -0.2) is 18.2 Å². The Morgan fingerprint density at radius 1 is 1.14 bits per heavy atom. The van der Waals surface area contributed by atoms with E-state index in [1.165, 1.54) is 30.2 Å². The summed E-state index contributed by atoms with van der Waals surface area (Å²) in [4.78, 5) is 33.2. The van der Waals surface area contributed by atoms with Gasteiger partial charge in [0.1, 0.15) is 19.3 Å². The van der Waals surface area contributed by atoms with Crippen LogP contribution in [0.4, 0.5) is 0 Å². The van der Waals surface area contributed by atoms with E-state index in [-0.39, 0.29) is 11.3 Å². The SMILES string of the molecule is COC(=C1C2CC3CC(C2)CC1C3)c1ccc(/C=C/C(=O)O)c(OP(=O)([O-])[O-])c1. The molecule has 8 heteroatoms. The summed E-state index contributed by atoms with van der Waals surface area (Å²) in [5.41, 5.74) is 2.10. The zero-order valence-corrected chi connectivity index (χ0v) is 17.0. The highest BCUT2D eigenvalue weighted by Gasteiger charge is 2.46. The number of phosphoric acid groups is 1. The number of methoxy groups -OCH3 is 1. The van der Waals surface area contributed by atoms with E-state index in [0.717, 1.165) is 43.6 Å². The monoisotopic (exact) mass is 418 g/mol. The topological polar surface area (TPSA) is 119 Å². The molecule has 156 valence electrons. The molecule has 1 N–H and O–H groups in total. The standard InChI is InChI=1S/C21H25O7P/c1-27-21(20-16-7-12-6-13(9-16)10-17(20)8-12)15-3-2-14(4-5-19(22)23)18(11-15)28-29(24,25)26/h2-5,11-13,16-17H,6-10H2,1H3,(H,22,23)(H2,24,25,26)/p-2/b5-4+,21-20?. The van der Waals surface area contributed by atoms with Gasteiger partial charge in [-0.15, -0.1) is 0 Å². The van der Waals surface area contributed by atoms with Crippen molar-refractivity contribution in [3.05, 3.63) is 41.0 Å². The van der Waals surface area contributed by atoms with Crippen molar-refractivity contribution in [3.8, 4) is 5.75 Å². The van der Waals surface area contributed by atoms with E-state index < -0.39 is 13.8 Å². The van der Waals surface area contributed by atoms with Crippen LogP contribution >= 0.6 is 7.82 Å². The van der Waals surface area contributed by atoms with E-state index in [1.807, 2.05) is 0 Å². The van der Waals surface area contributed by atoms with Gasteiger partial charge in [0, 0.05) is 17.2 Å². The number of hydrogen-bond donors (Lipinski definition) is 1. The van der Waals surface area contributed by atoms with Gasteiger partial charge in [0.2, 0.25) is 0 Å². The van der Waals surface area contributed by atoms with Gasteiger partial charge >= 0.3 is 5.97 Å². The number of aliphatic carboxylic acids is 1. The summed E-state index contributed by atoms with van der Waals surface area (Å²) in [5, 5.41) is 8.83. The number of phosphoric ester groups is 1. The molecular weight excluding hydrogens is 395 g/mol. The third kappa shape index (κ3) is 4.27. The van der Waals surface area contributed by atoms with E-state index in [0.29, 0.717) is 23.2 Å². The van der Waals surface area contributed by atoms with Crippen molar-refractivity contribution in [2.24, 2.45) is 23.7 Å². The van der Waals surface area contributed by atoms with Gasteiger partial charge in [0.25, 0.3) is 0 Å². The zero-order chi connectivity index (χ0) is 20.8. The average molecular weight is 418 g/mol. The van der Waals surface area contributed by atoms with Gasteiger partial charge in [-0.2, -0.15) is 0 Å². The first-order valence-electron chi connectivity index (χ1n) is 9.78. The minimum absolute atomic E-state index is 0.189. The van der Waals surface area contributed by atoms with Crippen molar-refractivity contribution in [2.45, 2.75) is 32.1 Å². The molecule has 4 aliphatic rings. The number of carboxylic acid groups (broad SMARTS) is 1. The lowest BCUT2D eigenvalue weighted by Crippen LogP contribution is -2.40. The molecule has 0 atom stereocenters. The third-order valence-electron chi connectivity index (χ3n) is 6.38. The second-order valence-electron chi connectivity index (χ2n) is 8.26. The van der Waals surface area contributed by atoms with Crippen LogP contribution < -0.4 is 14.3 Å². The maximum atomic E-state index is 11.2. The molecule has 4 bridgehead atoms. The fourth-order valence-electron chi connectivity index (χ4n) is 5.64. The summed E-state index contributed by atoms with van der Waals surface area (Å²) in [6.45, 7) is 0. The molecule has 0 heterocycles. The maximum absolute atomic E-state index is 11.2. The van der Waals surface area contributed by atoms with Crippen molar-refractivity contribution < 1.29 is 33.5 Å². The molecule has 0 unspecified atom stereocenters. The largest absolute Gasteiger partial charge is 0.780 e. The van der Waals surface area contributed by atoms with Crippen LogP contribution in [0.15, 0.2) is 29.8 Å². The highest BCUT2D eigenvalue weighted by Crippen LogP contribution is 2.58. The number of carbonyl (C=O) groups is 1. The van der Waals surface area contributed by atoms with Crippen LogP contribution in [-0.2, 0) is 14.1 Å². The lowest BCUT2D eigenvalue weighted by atomic mass is 9.54. The Labute approximate surface area is 169 Å². The Morgan fingerprint density at radius 3 is 2.28 bits per heavy atom. The summed E-state index contributed by atoms with van der Waals surface area (Å²) >= 11 is 0. The Morgan fingerprint density at radius 2 is 1.76 bits per heavy atom. The normalized spacial score (nSPS) is 28.0. The number of rotatable bonds is 6. The molecule has 29 heavy (non-hydrogen) atoms. The van der Waals surface area contributed by atoms with Crippen LogP contribution in [0.3, 0.4) is 0 Å². The zero-order valence-electron chi connectivity index (χ0n) is 16.1. The van der Waals surface area contributed by atoms with Crippen molar-refractivity contribution in [1.29, 1.82) is 0 Å². The van der Waals surface area contributed by atoms with E-state index in [2.05, 4.69) is 4.52 Å². The van der Waals surface area contributed by atoms with Crippen LogP contribution in [0.25, 0.3) is 11.8 Å². The minimum Gasteiger partial charge on any atom is -0.780 e. The molecule has 4 saturated carbocycles. The number of ether oxygens (including phenoxy) is 1. The summed E-state index contributed by atoms with van der Waals surface area (Å²) in [6, 6.07) is 4.72. The average Bonchev–Trinajstić information content (AvgIpc) is 2.61. The predicted octanol–water partition coefficient (Wildman–Crippen LogP) is 2.81. The molecule has 7 nitrogen and oxygen atoms in total. The third-order valence-corrected chi connectivity index (χ3v) is 6.80. The Hall–Kier alpha value is -2.08. The summed E-state index contributed by atoms with van der Waals surface area (Å²) in [5.74, 6) is 1.84. The van der Waals surface area contributed by atoms with Gasteiger partial charge in [0.05, 0.1) is 7.11 Å². The molecule has 0 spiro atoms. The van der Waals surface area contributed by atoms with E-state index in [9.17, 15) is 19.1 Å². The lowest BCUT2D eigenvalue weighted by Gasteiger charge is -2.51. The fraction of sp³-hybridized carbons (Fsp3) is 0.476. The van der Waals surface area contributed by atoms with E-state index in [4.69, 9.17) is 9.84 Å². The molecule has 4 aliphatic carbocycles. The number of hydrogen-bond acceptors (Lipinski definition) is 6. The smallest absolute Gasteiger partial charge is 0.328 e. The van der Waals surface area contributed by atoms with Gasteiger partial charge in [-0.05, 0) is 73.5 Å². The summed E-state index contributed by atoms with van der Waals surface area (Å²) < 4.78 is 21.6. The first-order chi connectivity index (χ1) is 13.7. The highest BCUT2D eigenvalue weighted by atomic mass is 31.2. The quantitative estimate of drug-likeness (QED) is 0.429. The molecule has 0 radical (unpaired) electrons. The molecule has 0 amide bonds. The first-order valence-corrected chi connectivity index (χ1v) is 11.2. The molecule has 5 rings (SSSR count). The molecule has 0 saturated heterocycles. The minimum atomic E-state index is -5.31. The summed E-state index contributed by atoms with van der Waals surface area (Å²) in [6.07, 6.45) is 8.02. The van der Waals surface area contributed by atoms with Crippen molar-refractivity contribution >= 4 is 25.6 Å². The Kier molecular flexibility index (Phi) is 5.32. The van der Waals surface area contributed by atoms with E-state index >= 15 is 0 Å². The number of benzene rings is 1. The number of allylic oxidation sites excluding steroid dienone is 1. The van der Waals surface area contributed by atoms with Gasteiger partial charge in [-0.25, -0.2) is 4.79 Å². The van der Waals surface area contributed by atoms with Crippen molar-refractivity contribution in [2.75, 3.05) is 7.11 Å². The van der Waals surface area contributed by atoms with Crippen LogP contribution in [0.1, 0.15) is 43.2 Å². The second-order valence-corrected chi connectivity index (χ2v) is 9.33. The van der Waals surface area contributed by atoms with Gasteiger partial charge in [0.15, 0.2) is 0 Å². The lowest BCUT2D eigenvalue weighted by molar-refractivity contribution is -0.333. The molecule has 4 fully saturated rings. The van der Waals surface area contributed by atoms with Gasteiger partial charge < -0.3 is 28.7 Å². The fourth-order valence-corrected chi connectivity index (χ4v) is 6.04. The second kappa shape index (κ2) is 7.63. The molecule has 0 aromatic heterocycles. The highest BCUT2D eigenvalue weighted by molar-refractivity contribution is 7.43. The van der Waals surface area contributed by atoms with Gasteiger partial charge in [-0.1, -0.05) is 12.1 Å². The van der Waals surface area contributed by atoms with E-state index in [1.54, 1.807) is 13.2 Å². The number of carboxylic acids is 1. The maximum Gasteiger partial charge on any atom is 0.328 e. The Balaban J connectivity index is 1.76. The Bertz CT molecular complexity index is 897. The van der Waals surface area contributed by atoms with Crippen molar-refractivity contribution in [3.63, 3.8) is 0 Å². The van der Waals surface area contributed by atoms with Crippen LogP contribution in [0.5, 0.6) is 5.75 Å².